The maximum atomic E-state index is 11.5. The second-order valence-electron chi connectivity index (χ2n) is 6.06. The van der Waals surface area contributed by atoms with Gasteiger partial charge < -0.3 is 5.73 Å². The summed E-state index contributed by atoms with van der Waals surface area (Å²) in [5.74, 6) is 1.54. The number of fused-ring (bicyclic) bond motifs is 1. The van der Waals surface area contributed by atoms with E-state index in [0.29, 0.717) is 11.5 Å². The summed E-state index contributed by atoms with van der Waals surface area (Å²) in [7, 11) is 0. The average molecular weight is 261 g/mol. The van der Waals surface area contributed by atoms with Crippen molar-refractivity contribution in [1.82, 2.24) is 0 Å². The summed E-state index contributed by atoms with van der Waals surface area (Å²) in [6, 6.07) is 4.06. The van der Waals surface area contributed by atoms with Crippen LogP contribution in [0.15, 0.2) is 17.0 Å². The van der Waals surface area contributed by atoms with E-state index >= 15 is 0 Å². The first-order valence-electron chi connectivity index (χ1n) is 6.60. The quantitative estimate of drug-likeness (QED) is 0.886. The lowest BCUT2D eigenvalue weighted by molar-refractivity contribution is 0.1000. The van der Waals surface area contributed by atoms with Crippen LogP contribution in [0, 0.1) is 0 Å². The fraction of sp³-hybridized carbons (Fsp3) is 0.533. The monoisotopic (exact) mass is 261 g/mol. The fourth-order valence-corrected chi connectivity index (χ4v) is 4.40. The molecular formula is C15H19NOS. The summed E-state index contributed by atoms with van der Waals surface area (Å²) in [6.07, 6.45) is 3.68. The smallest absolute Gasteiger partial charge is 0.248 e. The van der Waals surface area contributed by atoms with Gasteiger partial charge in [0.2, 0.25) is 5.91 Å². The Kier molecular flexibility index (Phi) is 2.70. The van der Waals surface area contributed by atoms with Crippen LogP contribution in [-0.4, -0.2) is 11.7 Å². The summed E-state index contributed by atoms with van der Waals surface area (Å²) in [6.45, 7) is 4.54. The molecule has 0 unspecified atom stereocenters. The summed E-state index contributed by atoms with van der Waals surface area (Å²) in [4.78, 5) is 12.9. The van der Waals surface area contributed by atoms with E-state index in [1.165, 1.54) is 34.6 Å². The van der Waals surface area contributed by atoms with E-state index in [1.54, 1.807) is 0 Å². The third kappa shape index (κ3) is 1.95. The van der Waals surface area contributed by atoms with Gasteiger partial charge in [-0.05, 0) is 59.6 Å². The maximum absolute atomic E-state index is 11.5. The van der Waals surface area contributed by atoms with Crippen LogP contribution in [0.4, 0.5) is 0 Å². The number of benzene rings is 1. The number of nitrogens with two attached hydrogens (primary N) is 1. The second-order valence-corrected chi connectivity index (χ2v) is 7.17. The van der Waals surface area contributed by atoms with Gasteiger partial charge in [0.25, 0.3) is 0 Å². The van der Waals surface area contributed by atoms with Crippen LogP contribution in [0.25, 0.3) is 0 Å². The lowest BCUT2D eigenvalue weighted by Gasteiger charge is -2.33. The third-order valence-electron chi connectivity index (χ3n) is 4.12. The van der Waals surface area contributed by atoms with Crippen LogP contribution in [0.1, 0.15) is 60.5 Å². The van der Waals surface area contributed by atoms with Gasteiger partial charge in [0, 0.05) is 10.5 Å². The van der Waals surface area contributed by atoms with E-state index in [1.807, 2.05) is 23.9 Å². The molecule has 0 radical (unpaired) electrons. The number of amides is 1. The molecule has 2 N–H and O–H groups in total. The molecule has 3 rings (SSSR count). The number of thioether (sulfide) groups is 1. The molecule has 0 aromatic heterocycles. The van der Waals surface area contributed by atoms with E-state index in [0.717, 1.165) is 6.42 Å². The standard InChI is InChI=1S/C15H19NOS/c1-15(2)5-6-18-13-11(9-3-4-9)7-10(14(16)17)8-12(13)15/h7-9H,3-6H2,1-2H3,(H2,16,17). The molecule has 0 saturated heterocycles. The predicted molar refractivity (Wildman–Crippen MR) is 75.3 cm³/mol. The Bertz CT molecular complexity index is 517. The molecule has 96 valence electrons. The van der Waals surface area contributed by atoms with Gasteiger partial charge in [0.1, 0.15) is 0 Å². The molecule has 1 aliphatic carbocycles. The van der Waals surface area contributed by atoms with Gasteiger partial charge in [0.05, 0.1) is 0 Å². The molecule has 1 aromatic carbocycles. The number of hydrogen-bond acceptors (Lipinski definition) is 2. The molecule has 0 spiro atoms. The minimum absolute atomic E-state index is 0.162. The zero-order valence-electron chi connectivity index (χ0n) is 11.0. The first-order valence-corrected chi connectivity index (χ1v) is 7.58. The fourth-order valence-electron chi connectivity index (χ4n) is 2.70. The molecule has 0 atom stereocenters. The normalized spacial score (nSPS) is 21.4. The zero-order valence-corrected chi connectivity index (χ0v) is 11.8. The number of rotatable bonds is 2. The molecule has 1 saturated carbocycles. The Balaban J connectivity index is 2.20. The van der Waals surface area contributed by atoms with Crippen molar-refractivity contribution in [2.75, 3.05) is 5.75 Å². The van der Waals surface area contributed by atoms with Crippen molar-refractivity contribution >= 4 is 17.7 Å². The minimum atomic E-state index is -0.300. The molecule has 1 amide bonds. The van der Waals surface area contributed by atoms with Crippen LogP contribution < -0.4 is 5.73 Å². The lowest BCUT2D eigenvalue weighted by Crippen LogP contribution is -2.25. The van der Waals surface area contributed by atoms with Crippen molar-refractivity contribution in [2.24, 2.45) is 5.73 Å². The summed E-state index contributed by atoms with van der Waals surface area (Å²) in [5, 5.41) is 0. The Morgan fingerprint density at radius 3 is 2.72 bits per heavy atom. The Hall–Kier alpha value is -0.960. The lowest BCUT2D eigenvalue weighted by atomic mass is 9.80. The molecule has 18 heavy (non-hydrogen) atoms. The van der Waals surface area contributed by atoms with Crippen LogP contribution in [-0.2, 0) is 5.41 Å². The van der Waals surface area contributed by atoms with Crippen LogP contribution in [0.3, 0.4) is 0 Å². The number of carbonyl (C=O) groups excluding carboxylic acids is 1. The van der Waals surface area contributed by atoms with Crippen molar-refractivity contribution in [3.05, 3.63) is 28.8 Å². The highest BCUT2D eigenvalue weighted by Crippen LogP contribution is 2.50. The number of carbonyl (C=O) groups is 1. The van der Waals surface area contributed by atoms with Gasteiger partial charge in [-0.3, -0.25) is 4.79 Å². The van der Waals surface area contributed by atoms with Gasteiger partial charge >= 0.3 is 0 Å². The van der Waals surface area contributed by atoms with Crippen LogP contribution in [0.5, 0.6) is 0 Å². The third-order valence-corrected chi connectivity index (χ3v) is 5.27. The van der Waals surface area contributed by atoms with Gasteiger partial charge in [-0.1, -0.05) is 13.8 Å². The van der Waals surface area contributed by atoms with E-state index < -0.39 is 0 Å². The van der Waals surface area contributed by atoms with E-state index in [9.17, 15) is 4.79 Å². The number of hydrogen-bond donors (Lipinski definition) is 1. The SMILES string of the molecule is CC1(C)CCSc2c(C3CC3)cc(C(N)=O)cc21. The van der Waals surface area contributed by atoms with E-state index in [-0.39, 0.29) is 11.3 Å². The van der Waals surface area contributed by atoms with Gasteiger partial charge in [-0.15, -0.1) is 11.8 Å². The molecule has 1 heterocycles. The molecule has 3 heteroatoms. The molecule has 1 aromatic rings. The molecule has 1 fully saturated rings. The van der Waals surface area contributed by atoms with Gasteiger partial charge in [-0.2, -0.15) is 0 Å². The first-order chi connectivity index (χ1) is 8.49. The Labute approximate surface area is 112 Å². The van der Waals surface area contributed by atoms with E-state index in [4.69, 9.17) is 5.73 Å². The topological polar surface area (TPSA) is 43.1 Å². The predicted octanol–water partition coefficient (Wildman–Crippen LogP) is 3.44. The highest BCUT2D eigenvalue weighted by atomic mass is 32.2. The molecule has 1 aliphatic heterocycles. The molecule has 2 aliphatic rings. The highest BCUT2D eigenvalue weighted by Gasteiger charge is 2.34. The van der Waals surface area contributed by atoms with Crippen molar-refractivity contribution in [2.45, 2.75) is 49.3 Å². The molecule has 0 bridgehead atoms. The number of primary amides is 1. The molecule has 2 nitrogen and oxygen atoms in total. The van der Waals surface area contributed by atoms with E-state index in [2.05, 4.69) is 13.8 Å². The molecular weight excluding hydrogens is 242 g/mol. The van der Waals surface area contributed by atoms with Crippen LogP contribution >= 0.6 is 11.8 Å². The first kappa shape index (κ1) is 12.1. The van der Waals surface area contributed by atoms with Crippen molar-refractivity contribution < 1.29 is 4.79 Å². The summed E-state index contributed by atoms with van der Waals surface area (Å²) >= 11 is 1.95. The average Bonchev–Trinajstić information content (AvgIpc) is 3.11. The summed E-state index contributed by atoms with van der Waals surface area (Å²) < 4.78 is 0. The largest absolute Gasteiger partial charge is 0.366 e. The highest BCUT2D eigenvalue weighted by molar-refractivity contribution is 7.99. The van der Waals surface area contributed by atoms with Crippen LogP contribution in [0.2, 0.25) is 0 Å². The van der Waals surface area contributed by atoms with Gasteiger partial charge in [0.15, 0.2) is 0 Å². The van der Waals surface area contributed by atoms with Crippen molar-refractivity contribution in [3.8, 4) is 0 Å². The summed E-state index contributed by atoms with van der Waals surface area (Å²) in [5.41, 5.74) is 9.03. The van der Waals surface area contributed by atoms with Crippen molar-refractivity contribution in [3.63, 3.8) is 0 Å². The van der Waals surface area contributed by atoms with Crippen molar-refractivity contribution in [1.29, 1.82) is 0 Å². The minimum Gasteiger partial charge on any atom is -0.366 e. The second kappa shape index (κ2) is 4.02. The Morgan fingerprint density at radius 2 is 2.11 bits per heavy atom. The zero-order chi connectivity index (χ0) is 12.9. The maximum Gasteiger partial charge on any atom is 0.248 e. The van der Waals surface area contributed by atoms with Gasteiger partial charge in [-0.25, -0.2) is 0 Å². The Morgan fingerprint density at radius 1 is 1.39 bits per heavy atom.